The van der Waals surface area contributed by atoms with Crippen molar-refractivity contribution in [3.8, 4) is 0 Å². The third-order valence-electron chi connectivity index (χ3n) is 4.57. The van der Waals surface area contributed by atoms with Crippen LogP contribution in [0, 0.1) is 30.3 Å². The fraction of sp³-hybridized carbons (Fsp3) is 0.500. The van der Waals surface area contributed by atoms with Gasteiger partial charge in [0, 0.05) is 24.1 Å². The molecule has 0 bridgehead atoms. The van der Waals surface area contributed by atoms with Crippen LogP contribution in [0.1, 0.15) is 12.8 Å². The van der Waals surface area contributed by atoms with Gasteiger partial charge < -0.3 is 21.3 Å². The van der Waals surface area contributed by atoms with E-state index in [2.05, 4.69) is 5.32 Å². The van der Waals surface area contributed by atoms with E-state index in [0.717, 1.165) is 7.05 Å². The van der Waals surface area contributed by atoms with E-state index in [-0.39, 0.29) is 11.3 Å². The van der Waals surface area contributed by atoms with Crippen LogP contribution in [0.15, 0.2) is 23.5 Å². The molecule has 0 saturated carbocycles. The lowest BCUT2D eigenvalue weighted by Crippen LogP contribution is -2.50. The van der Waals surface area contributed by atoms with Crippen molar-refractivity contribution in [2.75, 3.05) is 12.8 Å². The number of nitro groups is 3. The largest absolute Gasteiger partial charge is 0.480 e. The van der Waals surface area contributed by atoms with E-state index >= 15 is 0 Å². The number of carbonyl (C=O) groups excluding carboxylic acids is 2. The van der Waals surface area contributed by atoms with Gasteiger partial charge in [-0.15, -0.1) is 11.8 Å². The van der Waals surface area contributed by atoms with Crippen LogP contribution in [0.4, 0.5) is 4.79 Å². The van der Waals surface area contributed by atoms with Gasteiger partial charge in [-0.2, -0.15) is 0 Å². The summed E-state index contributed by atoms with van der Waals surface area (Å²) in [6, 6.07) is -4.91. The number of likely N-dealkylation sites (N-methyl/N-ethyl adjacent to an activating group) is 1. The van der Waals surface area contributed by atoms with Crippen molar-refractivity contribution in [1.82, 2.24) is 10.2 Å². The number of nitrogens with two attached hydrogens (primary N) is 1. The van der Waals surface area contributed by atoms with E-state index < -0.39 is 85.6 Å². The van der Waals surface area contributed by atoms with Gasteiger partial charge in [0.25, 0.3) is 23.3 Å². The lowest BCUT2D eigenvalue weighted by Gasteiger charge is -2.23. The highest BCUT2D eigenvalue weighted by Crippen LogP contribution is 2.32. The van der Waals surface area contributed by atoms with E-state index in [1.165, 1.54) is 0 Å². The minimum absolute atomic E-state index is 0.201. The lowest BCUT2D eigenvalue weighted by molar-refractivity contribution is -0.505. The summed E-state index contributed by atoms with van der Waals surface area (Å²) in [5.41, 5.74) is 3.49. The first-order chi connectivity index (χ1) is 16.2. The van der Waals surface area contributed by atoms with Crippen LogP contribution in [0.3, 0.4) is 0 Å². The van der Waals surface area contributed by atoms with Crippen LogP contribution in [-0.2, 0) is 14.4 Å². The van der Waals surface area contributed by atoms with Crippen molar-refractivity contribution >= 4 is 35.6 Å². The van der Waals surface area contributed by atoms with Crippen LogP contribution in [0.5, 0.6) is 0 Å². The van der Waals surface area contributed by atoms with Crippen molar-refractivity contribution in [2.45, 2.75) is 36.2 Å². The Kier molecular flexibility index (Phi) is 10.2. The van der Waals surface area contributed by atoms with E-state index in [0.29, 0.717) is 23.9 Å². The normalized spacial score (nSPS) is 18.8. The number of hydrogen-bond donors (Lipinski definition) is 4. The second-order valence-electron chi connectivity index (χ2n) is 6.97. The molecule has 0 aliphatic heterocycles. The molecule has 0 spiro atoms. The monoisotopic (exact) mass is 520 g/mol. The van der Waals surface area contributed by atoms with Crippen molar-refractivity contribution < 1.29 is 44.2 Å². The molecule has 0 aromatic rings. The number of nitrogens with one attached hydrogen (secondary N) is 1. The van der Waals surface area contributed by atoms with Crippen LogP contribution in [0.25, 0.3) is 0 Å². The summed E-state index contributed by atoms with van der Waals surface area (Å²) in [4.78, 5) is 77.6. The SMILES string of the molecule is CN(C(=O)O)C(=O)[C@H](CSC1C([N+](=O)[O-])=CC([N+](=O)[O-])C=C1[N+](=O)[O-])NC(=O)CC[C@H](N)C(=O)O. The Morgan fingerprint density at radius 3 is 2.03 bits per heavy atom. The number of aliphatic carboxylic acids is 1. The quantitative estimate of drug-likeness (QED) is 0.175. The maximum absolute atomic E-state index is 12.5. The zero-order chi connectivity index (χ0) is 27.0. The van der Waals surface area contributed by atoms with Gasteiger partial charge in [0.15, 0.2) is 5.25 Å². The van der Waals surface area contributed by atoms with Crippen LogP contribution in [-0.4, -0.2) is 89.9 Å². The molecule has 0 heterocycles. The second kappa shape index (κ2) is 12.4. The average molecular weight is 520 g/mol. The van der Waals surface area contributed by atoms with Crippen LogP contribution < -0.4 is 11.1 Å². The average Bonchev–Trinajstić information content (AvgIpc) is 2.77. The molecule has 1 aliphatic rings. The molecule has 0 saturated heterocycles. The smallest absolute Gasteiger partial charge is 0.413 e. The van der Waals surface area contributed by atoms with Gasteiger partial charge in [0.1, 0.15) is 12.1 Å². The Morgan fingerprint density at radius 1 is 1.11 bits per heavy atom. The molecular weight excluding hydrogens is 500 g/mol. The number of nitrogens with zero attached hydrogens (tertiary/aromatic N) is 4. The fourth-order valence-corrected chi connectivity index (χ4v) is 3.98. The van der Waals surface area contributed by atoms with Gasteiger partial charge in [-0.3, -0.25) is 44.7 Å². The molecule has 192 valence electrons. The molecule has 1 aliphatic carbocycles. The highest BCUT2D eigenvalue weighted by molar-refractivity contribution is 8.00. The van der Waals surface area contributed by atoms with Gasteiger partial charge >= 0.3 is 12.1 Å². The van der Waals surface area contributed by atoms with Gasteiger partial charge in [0.2, 0.25) is 5.91 Å². The molecule has 0 aromatic carbocycles. The Hall–Kier alpha value is -4.13. The number of carboxylic acids is 1. The molecule has 2 atom stereocenters. The summed E-state index contributed by atoms with van der Waals surface area (Å²) in [7, 11) is 0.849. The molecule has 3 amide bonds. The van der Waals surface area contributed by atoms with E-state index in [1.54, 1.807) is 0 Å². The third-order valence-corrected chi connectivity index (χ3v) is 5.91. The van der Waals surface area contributed by atoms with Crippen molar-refractivity contribution in [3.63, 3.8) is 0 Å². The number of thioether (sulfide) groups is 1. The minimum atomic E-state index is -1.85. The Balaban J connectivity index is 3.18. The van der Waals surface area contributed by atoms with E-state index in [9.17, 15) is 49.5 Å². The number of carboxylic acid groups (broad SMARTS) is 2. The van der Waals surface area contributed by atoms with Gasteiger partial charge in [-0.1, -0.05) is 0 Å². The molecule has 0 radical (unpaired) electrons. The molecule has 19 heteroatoms. The van der Waals surface area contributed by atoms with Gasteiger partial charge in [0.05, 0.1) is 22.0 Å². The van der Waals surface area contributed by atoms with Crippen molar-refractivity contribution in [3.05, 3.63) is 53.9 Å². The van der Waals surface area contributed by atoms with Crippen molar-refractivity contribution in [1.29, 1.82) is 0 Å². The maximum Gasteiger partial charge on any atom is 0.413 e. The number of rotatable bonds is 12. The summed E-state index contributed by atoms with van der Waals surface area (Å²) in [6.45, 7) is 0. The van der Waals surface area contributed by atoms with Crippen LogP contribution in [0.2, 0.25) is 0 Å². The first-order valence-electron chi connectivity index (χ1n) is 9.42. The predicted octanol–water partition coefficient (Wildman–Crippen LogP) is -1.12. The third kappa shape index (κ3) is 7.99. The fourth-order valence-electron chi connectivity index (χ4n) is 2.70. The second-order valence-corrected chi connectivity index (χ2v) is 8.11. The first kappa shape index (κ1) is 28.9. The number of imide groups is 1. The summed E-state index contributed by atoms with van der Waals surface area (Å²) in [5, 5.41) is 52.2. The van der Waals surface area contributed by atoms with Gasteiger partial charge in [-0.25, -0.2) is 9.69 Å². The maximum atomic E-state index is 12.5. The predicted molar refractivity (Wildman–Crippen MR) is 115 cm³/mol. The number of amides is 3. The summed E-state index contributed by atoms with van der Waals surface area (Å²) >= 11 is 0.404. The lowest BCUT2D eigenvalue weighted by atomic mass is 10.1. The zero-order valence-electron chi connectivity index (χ0n) is 17.8. The molecule has 0 unspecified atom stereocenters. The first-order valence-corrected chi connectivity index (χ1v) is 10.5. The van der Waals surface area contributed by atoms with E-state index in [1.807, 2.05) is 0 Å². The highest BCUT2D eigenvalue weighted by atomic mass is 32.2. The summed E-state index contributed by atoms with van der Waals surface area (Å²) in [5.74, 6) is -4.11. The number of carbonyl (C=O) groups is 4. The molecule has 0 aromatic heterocycles. The Bertz CT molecular complexity index is 966. The van der Waals surface area contributed by atoms with Crippen LogP contribution >= 0.6 is 11.8 Å². The molecule has 0 fully saturated rings. The number of hydrogen-bond acceptors (Lipinski definition) is 12. The molecule has 35 heavy (non-hydrogen) atoms. The topological polar surface area (TPSA) is 279 Å². The summed E-state index contributed by atoms with van der Waals surface area (Å²) in [6.07, 6.45) is -1.34. The molecule has 1 rings (SSSR count). The summed E-state index contributed by atoms with van der Waals surface area (Å²) < 4.78 is 0. The Labute approximate surface area is 199 Å². The zero-order valence-corrected chi connectivity index (χ0v) is 18.7. The minimum Gasteiger partial charge on any atom is -0.480 e. The van der Waals surface area contributed by atoms with E-state index in [4.69, 9.17) is 15.9 Å². The Morgan fingerprint density at radius 2 is 1.63 bits per heavy atom. The molecular formula is C16H20N6O12S. The molecule has 5 N–H and O–H groups in total. The standard InChI is InChI=1S/C16H20N6O12S/c1-19(16(27)28)14(24)9(18-12(23)3-2-8(17)15(25)26)6-35-13-10(21(31)32)4-7(20(29)30)5-11(13)22(33)34/h4-5,7-9,13H,2-3,6,17H2,1H3,(H,18,23)(H,25,26)(H,27,28)/t7?,8-,9-,13?/m0/s1. The molecule has 18 nitrogen and oxygen atoms in total. The van der Waals surface area contributed by atoms with Gasteiger partial charge in [-0.05, 0) is 6.42 Å². The highest BCUT2D eigenvalue weighted by Gasteiger charge is 2.44. The van der Waals surface area contributed by atoms with Crippen molar-refractivity contribution in [2.24, 2.45) is 5.73 Å².